The van der Waals surface area contributed by atoms with E-state index >= 15 is 0 Å². The number of aliphatic imine (C=N–C) groups is 1. The zero-order chi connectivity index (χ0) is 25.8. The smallest absolute Gasteiger partial charge is 0.191 e. The highest BCUT2D eigenvalue weighted by Crippen LogP contribution is 2.30. The molecule has 5 rings (SSSR count). The van der Waals surface area contributed by atoms with Gasteiger partial charge in [0.2, 0.25) is 0 Å². The second kappa shape index (κ2) is 12.2. The molecule has 1 atom stereocenters. The monoisotopic (exact) mass is 547 g/mol. The molecule has 200 valence electrons. The molecule has 3 aliphatic heterocycles. The SMILES string of the molecule is CC[C@H]1CN(c2ncc(CNC3=NCCN3)cc2Cl)CCN1C1CCN(Cc2ccc(Cl)cc2F)CC1. The Balaban J connectivity index is 1.14. The highest BCUT2D eigenvalue weighted by molar-refractivity contribution is 6.33. The predicted molar refractivity (Wildman–Crippen MR) is 149 cm³/mol. The van der Waals surface area contributed by atoms with Crippen molar-refractivity contribution in [2.75, 3.05) is 50.7 Å². The molecule has 1 aromatic heterocycles. The summed E-state index contributed by atoms with van der Waals surface area (Å²) in [5.74, 6) is 1.50. The van der Waals surface area contributed by atoms with Crippen molar-refractivity contribution in [3.8, 4) is 0 Å². The third kappa shape index (κ3) is 6.48. The van der Waals surface area contributed by atoms with Crippen molar-refractivity contribution in [2.45, 2.75) is 51.4 Å². The van der Waals surface area contributed by atoms with Crippen LogP contribution in [0.3, 0.4) is 0 Å². The van der Waals surface area contributed by atoms with Gasteiger partial charge in [-0.05, 0) is 56.1 Å². The molecule has 3 aliphatic rings. The number of nitrogens with one attached hydrogen (secondary N) is 2. The number of nitrogens with zero attached hydrogens (tertiary/aromatic N) is 5. The van der Waals surface area contributed by atoms with Crippen LogP contribution in [0.1, 0.15) is 37.3 Å². The molecule has 10 heteroatoms. The predicted octanol–water partition coefficient (Wildman–Crippen LogP) is 4.14. The molecule has 0 radical (unpaired) electrons. The van der Waals surface area contributed by atoms with Crippen LogP contribution in [0, 0.1) is 5.82 Å². The lowest BCUT2D eigenvalue weighted by molar-refractivity contribution is 0.0607. The average Bonchev–Trinajstić information content (AvgIpc) is 3.43. The first-order valence-corrected chi connectivity index (χ1v) is 14.1. The minimum Gasteiger partial charge on any atom is -0.355 e. The summed E-state index contributed by atoms with van der Waals surface area (Å²) >= 11 is 12.6. The van der Waals surface area contributed by atoms with Crippen LogP contribution >= 0.6 is 23.2 Å². The number of aromatic nitrogens is 1. The van der Waals surface area contributed by atoms with Gasteiger partial charge in [-0.1, -0.05) is 36.2 Å². The van der Waals surface area contributed by atoms with Crippen LogP contribution in [0.4, 0.5) is 10.2 Å². The Morgan fingerprint density at radius 2 is 1.97 bits per heavy atom. The van der Waals surface area contributed by atoms with E-state index in [1.165, 1.54) is 6.07 Å². The van der Waals surface area contributed by atoms with E-state index in [0.717, 1.165) is 88.0 Å². The number of pyridine rings is 1. The molecule has 0 spiro atoms. The molecule has 0 unspecified atom stereocenters. The molecule has 0 saturated carbocycles. The van der Waals surface area contributed by atoms with Gasteiger partial charge in [-0.25, -0.2) is 9.37 Å². The van der Waals surface area contributed by atoms with Crippen molar-refractivity contribution >= 4 is 35.0 Å². The summed E-state index contributed by atoms with van der Waals surface area (Å²) in [6.07, 6.45) is 5.21. The third-order valence-corrected chi connectivity index (χ3v) is 8.26. The van der Waals surface area contributed by atoms with Crippen molar-refractivity contribution in [1.29, 1.82) is 0 Å². The molecule has 2 fully saturated rings. The number of anilines is 1. The van der Waals surface area contributed by atoms with Gasteiger partial charge in [-0.2, -0.15) is 0 Å². The summed E-state index contributed by atoms with van der Waals surface area (Å²) in [5, 5.41) is 7.66. The summed E-state index contributed by atoms with van der Waals surface area (Å²) in [5.41, 5.74) is 1.76. The van der Waals surface area contributed by atoms with Gasteiger partial charge in [-0.15, -0.1) is 0 Å². The Hall–Kier alpha value is -2.13. The maximum Gasteiger partial charge on any atom is 0.191 e. The van der Waals surface area contributed by atoms with E-state index in [0.29, 0.717) is 35.2 Å². The molecule has 2 N–H and O–H groups in total. The average molecular weight is 549 g/mol. The van der Waals surface area contributed by atoms with E-state index in [1.807, 2.05) is 12.3 Å². The Kier molecular flexibility index (Phi) is 8.70. The molecule has 2 aromatic rings. The van der Waals surface area contributed by atoms with Crippen LogP contribution in [0.2, 0.25) is 10.0 Å². The van der Waals surface area contributed by atoms with E-state index in [-0.39, 0.29) is 5.82 Å². The Morgan fingerprint density at radius 1 is 1.14 bits per heavy atom. The fourth-order valence-electron chi connectivity index (χ4n) is 5.71. The van der Waals surface area contributed by atoms with Crippen molar-refractivity contribution in [3.63, 3.8) is 0 Å². The molecule has 4 heterocycles. The third-order valence-electron chi connectivity index (χ3n) is 7.75. The first-order valence-electron chi connectivity index (χ1n) is 13.3. The number of guanidine groups is 1. The Bertz CT molecular complexity index is 1110. The Morgan fingerprint density at radius 3 is 2.68 bits per heavy atom. The first kappa shape index (κ1) is 26.5. The summed E-state index contributed by atoms with van der Waals surface area (Å²) in [6, 6.07) is 8.02. The molecule has 0 bridgehead atoms. The normalized spacial score (nSPS) is 21.7. The largest absolute Gasteiger partial charge is 0.355 e. The van der Waals surface area contributed by atoms with Gasteiger partial charge in [-0.3, -0.25) is 14.8 Å². The van der Waals surface area contributed by atoms with E-state index in [2.05, 4.69) is 37.2 Å². The van der Waals surface area contributed by atoms with Crippen LogP contribution in [0.25, 0.3) is 0 Å². The number of piperidine rings is 1. The zero-order valence-corrected chi connectivity index (χ0v) is 22.9. The lowest BCUT2D eigenvalue weighted by Gasteiger charge is -2.47. The van der Waals surface area contributed by atoms with Crippen LogP contribution in [-0.2, 0) is 13.1 Å². The van der Waals surface area contributed by atoms with Gasteiger partial charge in [0, 0.05) is 68.1 Å². The van der Waals surface area contributed by atoms with Gasteiger partial charge < -0.3 is 15.5 Å². The van der Waals surface area contributed by atoms with Crippen LogP contribution in [0.5, 0.6) is 0 Å². The molecular weight excluding hydrogens is 512 g/mol. The second-order valence-corrected chi connectivity index (χ2v) is 11.0. The number of piperazine rings is 1. The highest BCUT2D eigenvalue weighted by atomic mass is 35.5. The molecule has 1 aromatic carbocycles. The quantitative estimate of drug-likeness (QED) is 0.543. The molecule has 0 aliphatic carbocycles. The number of halogens is 3. The molecular formula is C27H36Cl2FN7. The van der Waals surface area contributed by atoms with Crippen molar-refractivity contribution in [2.24, 2.45) is 4.99 Å². The number of benzene rings is 1. The van der Waals surface area contributed by atoms with Crippen molar-refractivity contribution in [1.82, 2.24) is 25.4 Å². The van der Waals surface area contributed by atoms with Crippen molar-refractivity contribution in [3.05, 3.63) is 57.5 Å². The molecule has 0 amide bonds. The highest BCUT2D eigenvalue weighted by Gasteiger charge is 2.34. The second-order valence-electron chi connectivity index (χ2n) is 10.1. The van der Waals surface area contributed by atoms with Gasteiger partial charge >= 0.3 is 0 Å². The van der Waals surface area contributed by atoms with E-state index < -0.39 is 0 Å². The molecule has 7 nitrogen and oxygen atoms in total. The van der Waals surface area contributed by atoms with Gasteiger partial charge in [0.25, 0.3) is 0 Å². The minimum absolute atomic E-state index is 0.214. The van der Waals surface area contributed by atoms with Gasteiger partial charge in [0.1, 0.15) is 11.6 Å². The van der Waals surface area contributed by atoms with Gasteiger partial charge in [0.05, 0.1) is 11.6 Å². The summed E-state index contributed by atoms with van der Waals surface area (Å²) in [4.78, 5) is 16.5. The molecule has 2 saturated heterocycles. The fraction of sp³-hybridized carbons (Fsp3) is 0.556. The number of rotatable bonds is 7. The summed E-state index contributed by atoms with van der Waals surface area (Å²) < 4.78 is 14.3. The van der Waals surface area contributed by atoms with E-state index in [4.69, 9.17) is 28.2 Å². The maximum absolute atomic E-state index is 14.3. The topological polar surface area (TPSA) is 59.0 Å². The zero-order valence-electron chi connectivity index (χ0n) is 21.4. The minimum atomic E-state index is -0.214. The standard InChI is InChI=1S/C27H36Cl2FN7/c1-2-22-18-36(26-24(29)13-19(15-33-26)16-34-27-31-7-8-32-27)11-12-37(22)23-5-9-35(10-6-23)17-20-3-4-21(28)14-25(20)30/h3-4,13-15,22-23H,2,5-12,16-18H2,1H3,(H2,31,32,34)/t22-/m0/s1. The lowest BCUT2D eigenvalue weighted by Crippen LogP contribution is -2.58. The van der Waals surface area contributed by atoms with Crippen LogP contribution in [0.15, 0.2) is 35.5 Å². The Labute approximate surface area is 229 Å². The number of hydrogen-bond acceptors (Lipinski definition) is 7. The van der Waals surface area contributed by atoms with Gasteiger partial charge in [0.15, 0.2) is 5.96 Å². The summed E-state index contributed by atoms with van der Waals surface area (Å²) in [6.45, 7) is 10.1. The lowest BCUT2D eigenvalue weighted by atomic mass is 9.97. The number of hydrogen-bond donors (Lipinski definition) is 2. The summed E-state index contributed by atoms with van der Waals surface area (Å²) in [7, 11) is 0. The van der Waals surface area contributed by atoms with E-state index in [9.17, 15) is 4.39 Å². The van der Waals surface area contributed by atoms with E-state index in [1.54, 1.807) is 12.1 Å². The first-order chi connectivity index (χ1) is 18.0. The molecule has 37 heavy (non-hydrogen) atoms. The van der Waals surface area contributed by atoms with Crippen molar-refractivity contribution < 1.29 is 4.39 Å². The maximum atomic E-state index is 14.3. The van der Waals surface area contributed by atoms with Crippen LogP contribution < -0.4 is 15.5 Å². The number of likely N-dealkylation sites (tertiary alicyclic amines) is 1. The fourth-order valence-corrected chi connectivity index (χ4v) is 6.17. The van der Waals surface area contributed by atoms with Crippen LogP contribution in [-0.4, -0.2) is 78.6 Å².